The molecule has 2 atom stereocenters. The average molecular weight is 443 g/mol. The SMILES string of the molecule is C[C@@H](Oc1nc(-c2ccc3c(C4CC4)[nH]nc3c2)cc2ncn(C3CC3)c12)C1CNC(=O)C1. The number of nitrogens with zero attached hydrogens (tertiary/aromatic N) is 4. The average Bonchev–Trinajstić information content (AvgIpc) is 3.72. The molecule has 4 heterocycles. The van der Waals surface area contributed by atoms with Gasteiger partial charge in [-0.1, -0.05) is 12.1 Å². The number of amides is 1. The Hall–Kier alpha value is -3.42. The normalized spacial score (nSPS) is 21.6. The number of carbonyl (C=O) groups excluding carboxylic acids is 1. The molecule has 0 bridgehead atoms. The van der Waals surface area contributed by atoms with Gasteiger partial charge in [-0.3, -0.25) is 9.89 Å². The number of nitrogens with one attached hydrogen (secondary N) is 2. The fourth-order valence-corrected chi connectivity index (χ4v) is 4.99. The molecule has 1 amide bonds. The van der Waals surface area contributed by atoms with Crippen molar-refractivity contribution in [2.75, 3.05) is 6.54 Å². The number of benzene rings is 1. The van der Waals surface area contributed by atoms with Gasteiger partial charge >= 0.3 is 0 Å². The Morgan fingerprint density at radius 3 is 2.79 bits per heavy atom. The summed E-state index contributed by atoms with van der Waals surface area (Å²) < 4.78 is 8.64. The molecule has 2 aliphatic carbocycles. The van der Waals surface area contributed by atoms with Crippen molar-refractivity contribution in [3.63, 3.8) is 0 Å². The molecule has 4 aromatic rings. The molecule has 3 aliphatic rings. The number of hydrogen-bond donors (Lipinski definition) is 2. The van der Waals surface area contributed by atoms with Gasteiger partial charge in [-0.15, -0.1) is 0 Å². The molecule has 3 aromatic heterocycles. The van der Waals surface area contributed by atoms with E-state index in [-0.39, 0.29) is 17.9 Å². The van der Waals surface area contributed by atoms with Gasteiger partial charge in [-0.25, -0.2) is 9.97 Å². The summed E-state index contributed by atoms with van der Waals surface area (Å²) >= 11 is 0. The zero-order valence-corrected chi connectivity index (χ0v) is 18.5. The number of rotatable bonds is 6. The van der Waals surface area contributed by atoms with Crippen LogP contribution >= 0.6 is 0 Å². The van der Waals surface area contributed by atoms with E-state index in [1.54, 1.807) is 0 Å². The quantitative estimate of drug-likeness (QED) is 0.469. The van der Waals surface area contributed by atoms with Crippen LogP contribution in [0.2, 0.25) is 0 Å². The fourth-order valence-electron chi connectivity index (χ4n) is 4.99. The lowest BCUT2D eigenvalue weighted by atomic mass is 10.0. The zero-order valence-electron chi connectivity index (χ0n) is 18.5. The van der Waals surface area contributed by atoms with E-state index in [1.807, 2.05) is 19.3 Å². The summed E-state index contributed by atoms with van der Waals surface area (Å²) in [5.41, 5.74) is 5.86. The van der Waals surface area contributed by atoms with Crippen LogP contribution in [0, 0.1) is 5.92 Å². The van der Waals surface area contributed by atoms with Crippen molar-refractivity contribution in [1.29, 1.82) is 0 Å². The summed E-state index contributed by atoms with van der Waals surface area (Å²) in [5, 5.41) is 11.9. The maximum atomic E-state index is 11.7. The summed E-state index contributed by atoms with van der Waals surface area (Å²) in [5.74, 6) is 1.44. The molecule has 7 rings (SSSR count). The van der Waals surface area contributed by atoms with E-state index < -0.39 is 0 Å². The van der Waals surface area contributed by atoms with E-state index in [2.05, 4.69) is 38.3 Å². The predicted octanol–water partition coefficient (Wildman–Crippen LogP) is 4.09. The highest BCUT2D eigenvalue weighted by Crippen LogP contribution is 2.43. The molecule has 8 nitrogen and oxygen atoms in total. The highest BCUT2D eigenvalue weighted by molar-refractivity contribution is 5.89. The molecule has 1 aromatic carbocycles. The largest absolute Gasteiger partial charge is 0.473 e. The number of pyridine rings is 1. The van der Waals surface area contributed by atoms with E-state index in [4.69, 9.17) is 14.7 Å². The number of carbonyl (C=O) groups is 1. The van der Waals surface area contributed by atoms with Crippen LogP contribution in [0.3, 0.4) is 0 Å². The molecule has 168 valence electrons. The topological polar surface area (TPSA) is 97.7 Å². The van der Waals surface area contributed by atoms with Gasteiger partial charge in [0.15, 0.2) is 0 Å². The predicted molar refractivity (Wildman–Crippen MR) is 124 cm³/mol. The molecule has 0 spiro atoms. The van der Waals surface area contributed by atoms with Crippen molar-refractivity contribution in [3.05, 3.63) is 36.3 Å². The van der Waals surface area contributed by atoms with Gasteiger partial charge in [0.1, 0.15) is 11.6 Å². The number of fused-ring (bicyclic) bond motifs is 2. The van der Waals surface area contributed by atoms with Crippen molar-refractivity contribution >= 4 is 27.8 Å². The molecule has 8 heteroatoms. The summed E-state index contributed by atoms with van der Waals surface area (Å²) in [4.78, 5) is 21.4. The third-order valence-corrected chi connectivity index (χ3v) is 7.30. The van der Waals surface area contributed by atoms with Gasteiger partial charge in [0.05, 0.1) is 23.1 Å². The highest BCUT2D eigenvalue weighted by atomic mass is 16.5. The van der Waals surface area contributed by atoms with E-state index in [9.17, 15) is 4.79 Å². The molecule has 33 heavy (non-hydrogen) atoms. The lowest BCUT2D eigenvalue weighted by molar-refractivity contribution is -0.119. The van der Waals surface area contributed by atoms with Crippen LogP contribution in [0.15, 0.2) is 30.6 Å². The molecule has 2 saturated carbocycles. The maximum Gasteiger partial charge on any atom is 0.241 e. The third kappa shape index (κ3) is 3.27. The number of imidazole rings is 1. The number of aromatic nitrogens is 5. The molecular formula is C25H26N6O2. The number of ether oxygens (including phenoxy) is 1. The van der Waals surface area contributed by atoms with Gasteiger partial charge in [0.2, 0.25) is 11.8 Å². The minimum absolute atomic E-state index is 0.0863. The standard InChI is InChI=1S/C25H26N6O2/c1-13(16-9-22(32)26-11-16)33-25-24-21(27-12-31(24)17-5-6-17)10-19(28-25)15-4-7-18-20(8-15)29-30-23(18)14-2-3-14/h4,7-8,10,12-14,16-17H,2-3,5-6,9,11H2,1H3,(H,26,32)(H,29,30)/t13-,16?/m1/s1. The van der Waals surface area contributed by atoms with Crippen molar-refractivity contribution in [3.8, 4) is 17.1 Å². The maximum absolute atomic E-state index is 11.7. The van der Waals surface area contributed by atoms with Crippen molar-refractivity contribution in [2.45, 2.75) is 57.1 Å². The molecule has 2 N–H and O–H groups in total. The van der Waals surface area contributed by atoms with Crippen LogP contribution in [-0.2, 0) is 4.79 Å². The summed E-state index contributed by atoms with van der Waals surface area (Å²) in [6, 6.07) is 8.87. The number of hydrogen-bond acceptors (Lipinski definition) is 5. The molecule has 1 saturated heterocycles. The van der Waals surface area contributed by atoms with E-state index in [0.29, 0.717) is 30.8 Å². The van der Waals surface area contributed by atoms with Crippen molar-refractivity contribution in [1.82, 2.24) is 30.0 Å². The minimum Gasteiger partial charge on any atom is -0.473 e. The lowest BCUT2D eigenvalue weighted by Crippen LogP contribution is -2.26. The fraction of sp³-hybridized carbons (Fsp3) is 0.440. The van der Waals surface area contributed by atoms with Crippen LogP contribution in [0.25, 0.3) is 33.2 Å². The molecule has 1 unspecified atom stereocenters. The second-order valence-corrected chi connectivity index (χ2v) is 9.80. The van der Waals surface area contributed by atoms with Crippen molar-refractivity contribution < 1.29 is 9.53 Å². The van der Waals surface area contributed by atoms with Crippen LogP contribution < -0.4 is 10.1 Å². The summed E-state index contributed by atoms with van der Waals surface area (Å²) in [6.45, 7) is 2.67. The van der Waals surface area contributed by atoms with E-state index in [1.165, 1.54) is 23.9 Å². The number of H-pyrrole nitrogens is 1. The van der Waals surface area contributed by atoms with Crippen LogP contribution in [0.4, 0.5) is 0 Å². The van der Waals surface area contributed by atoms with Gasteiger partial charge in [0, 0.05) is 47.5 Å². The second kappa shape index (κ2) is 7.04. The van der Waals surface area contributed by atoms with Gasteiger partial charge < -0.3 is 14.6 Å². The first-order valence-corrected chi connectivity index (χ1v) is 11.9. The first kappa shape index (κ1) is 19.1. The van der Waals surface area contributed by atoms with Gasteiger partial charge in [-0.05, 0) is 44.7 Å². The van der Waals surface area contributed by atoms with Crippen LogP contribution in [-0.4, -0.2) is 43.3 Å². The molecule has 1 aliphatic heterocycles. The Balaban J connectivity index is 1.30. The van der Waals surface area contributed by atoms with E-state index >= 15 is 0 Å². The minimum atomic E-state index is -0.132. The lowest BCUT2D eigenvalue weighted by Gasteiger charge is -2.20. The van der Waals surface area contributed by atoms with Crippen LogP contribution in [0.1, 0.15) is 56.7 Å². The van der Waals surface area contributed by atoms with Crippen molar-refractivity contribution in [2.24, 2.45) is 5.92 Å². The highest BCUT2D eigenvalue weighted by Gasteiger charge is 2.31. The molecule has 3 fully saturated rings. The van der Waals surface area contributed by atoms with Crippen LogP contribution in [0.5, 0.6) is 5.88 Å². The Morgan fingerprint density at radius 1 is 1.15 bits per heavy atom. The summed E-state index contributed by atoms with van der Waals surface area (Å²) in [7, 11) is 0. The third-order valence-electron chi connectivity index (χ3n) is 7.30. The monoisotopic (exact) mass is 442 g/mol. The first-order chi connectivity index (χ1) is 16.1. The van der Waals surface area contributed by atoms with Gasteiger partial charge in [-0.2, -0.15) is 5.10 Å². The Kier molecular flexibility index (Phi) is 4.07. The van der Waals surface area contributed by atoms with E-state index in [0.717, 1.165) is 40.6 Å². The molecular weight excluding hydrogens is 416 g/mol. The zero-order chi connectivity index (χ0) is 22.1. The Morgan fingerprint density at radius 2 is 2.03 bits per heavy atom. The Labute approximate surface area is 190 Å². The number of aromatic amines is 1. The second-order valence-electron chi connectivity index (χ2n) is 9.80. The molecule has 0 radical (unpaired) electrons. The first-order valence-electron chi connectivity index (χ1n) is 11.9. The summed E-state index contributed by atoms with van der Waals surface area (Å²) in [6.07, 6.45) is 7.05. The Bertz CT molecular complexity index is 1400. The van der Waals surface area contributed by atoms with Gasteiger partial charge in [0.25, 0.3) is 0 Å². The smallest absolute Gasteiger partial charge is 0.241 e.